The molecule has 2 rings (SSSR count). The van der Waals surface area contributed by atoms with Gasteiger partial charge in [-0.05, 0) is 23.7 Å². The average molecular weight is 281 g/mol. The van der Waals surface area contributed by atoms with Crippen molar-refractivity contribution >= 4 is 29.0 Å². The molecule has 0 fully saturated rings. The standard InChI is InChI=1S/C12H15N3OS2/c1-2-11-14-12(18-15-11)17-7-6-16-10-5-3-4-9(13)8-10/h3-5,8H,2,6-7,13H2,1H3. The van der Waals surface area contributed by atoms with Crippen LogP contribution in [0.4, 0.5) is 5.69 Å². The third-order valence-electron chi connectivity index (χ3n) is 2.20. The third kappa shape index (κ3) is 3.89. The normalized spacial score (nSPS) is 10.5. The number of rotatable bonds is 6. The molecular weight excluding hydrogens is 266 g/mol. The molecule has 0 radical (unpaired) electrons. The summed E-state index contributed by atoms with van der Waals surface area (Å²) >= 11 is 3.12. The Hall–Kier alpha value is -1.27. The van der Waals surface area contributed by atoms with Crippen molar-refractivity contribution in [1.29, 1.82) is 0 Å². The van der Waals surface area contributed by atoms with Crippen molar-refractivity contribution in [1.82, 2.24) is 9.36 Å². The number of hydrogen-bond acceptors (Lipinski definition) is 6. The van der Waals surface area contributed by atoms with Crippen LogP contribution in [0, 0.1) is 0 Å². The van der Waals surface area contributed by atoms with Gasteiger partial charge in [-0.25, -0.2) is 4.98 Å². The zero-order valence-electron chi connectivity index (χ0n) is 10.1. The van der Waals surface area contributed by atoms with Gasteiger partial charge in [-0.2, -0.15) is 4.37 Å². The summed E-state index contributed by atoms with van der Waals surface area (Å²) in [5.74, 6) is 2.58. The van der Waals surface area contributed by atoms with E-state index >= 15 is 0 Å². The Bertz CT molecular complexity index is 502. The molecule has 0 unspecified atom stereocenters. The lowest BCUT2D eigenvalue weighted by molar-refractivity contribution is 0.344. The number of nitrogens with two attached hydrogens (primary N) is 1. The van der Waals surface area contributed by atoms with Gasteiger partial charge in [0.05, 0.1) is 6.61 Å². The fraction of sp³-hybridized carbons (Fsp3) is 0.333. The van der Waals surface area contributed by atoms with E-state index in [1.807, 2.05) is 24.3 Å². The average Bonchev–Trinajstić information content (AvgIpc) is 2.83. The summed E-state index contributed by atoms with van der Waals surface area (Å²) in [5, 5.41) is 0. The Morgan fingerprint density at radius 2 is 2.33 bits per heavy atom. The first kappa shape index (κ1) is 13.2. The maximum Gasteiger partial charge on any atom is 0.170 e. The summed E-state index contributed by atoms with van der Waals surface area (Å²) in [7, 11) is 0. The molecule has 18 heavy (non-hydrogen) atoms. The van der Waals surface area contributed by atoms with E-state index in [4.69, 9.17) is 10.5 Å². The van der Waals surface area contributed by atoms with Gasteiger partial charge in [0.1, 0.15) is 11.6 Å². The molecule has 0 aliphatic rings. The van der Waals surface area contributed by atoms with Crippen LogP contribution in [0.25, 0.3) is 0 Å². The summed E-state index contributed by atoms with van der Waals surface area (Å²) < 4.78 is 10.8. The molecule has 0 aliphatic heterocycles. The van der Waals surface area contributed by atoms with Crippen LogP contribution in [-0.2, 0) is 6.42 Å². The third-order valence-corrected chi connectivity index (χ3v) is 4.04. The number of aromatic nitrogens is 2. The molecule has 0 atom stereocenters. The molecule has 6 heteroatoms. The molecule has 0 saturated carbocycles. The highest BCUT2D eigenvalue weighted by Crippen LogP contribution is 2.21. The second-order valence-electron chi connectivity index (χ2n) is 3.60. The number of nitrogens with zero attached hydrogens (tertiary/aromatic N) is 2. The van der Waals surface area contributed by atoms with Crippen LogP contribution in [-0.4, -0.2) is 21.7 Å². The molecule has 1 aromatic heterocycles. The maximum atomic E-state index is 5.67. The molecule has 2 aromatic rings. The molecule has 0 aliphatic carbocycles. The number of hydrogen-bond donors (Lipinski definition) is 1. The lowest BCUT2D eigenvalue weighted by atomic mass is 10.3. The van der Waals surface area contributed by atoms with Crippen molar-refractivity contribution in [2.75, 3.05) is 18.1 Å². The fourth-order valence-electron chi connectivity index (χ4n) is 1.33. The number of aryl methyl sites for hydroxylation is 1. The van der Waals surface area contributed by atoms with Gasteiger partial charge >= 0.3 is 0 Å². The van der Waals surface area contributed by atoms with E-state index in [2.05, 4.69) is 16.3 Å². The highest BCUT2D eigenvalue weighted by Gasteiger charge is 2.02. The smallest absolute Gasteiger partial charge is 0.170 e. The highest BCUT2D eigenvalue weighted by molar-refractivity contribution is 8.00. The van der Waals surface area contributed by atoms with Crippen LogP contribution in [0.5, 0.6) is 5.75 Å². The first-order chi connectivity index (χ1) is 8.78. The number of benzene rings is 1. The van der Waals surface area contributed by atoms with Crippen molar-refractivity contribution in [3.8, 4) is 5.75 Å². The van der Waals surface area contributed by atoms with Crippen LogP contribution in [0.1, 0.15) is 12.7 Å². The highest BCUT2D eigenvalue weighted by atomic mass is 32.2. The molecule has 4 nitrogen and oxygen atoms in total. The molecule has 2 N–H and O–H groups in total. The lowest BCUT2D eigenvalue weighted by Crippen LogP contribution is -2.00. The second kappa shape index (κ2) is 6.61. The van der Waals surface area contributed by atoms with Gasteiger partial charge in [0, 0.05) is 23.9 Å². The van der Waals surface area contributed by atoms with Gasteiger partial charge in [-0.15, -0.1) is 0 Å². The SMILES string of the molecule is CCc1nsc(SCCOc2cccc(N)c2)n1. The minimum absolute atomic E-state index is 0.634. The van der Waals surface area contributed by atoms with Gasteiger partial charge in [0.15, 0.2) is 4.34 Å². The Balaban J connectivity index is 1.72. The van der Waals surface area contributed by atoms with Crippen molar-refractivity contribution in [3.05, 3.63) is 30.1 Å². The predicted octanol–water partition coefficient (Wildman–Crippen LogP) is 2.85. The maximum absolute atomic E-state index is 5.67. The molecular formula is C12H15N3OS2. The molecule has 1 heterocycles. The summed E-state index contributed by atoms with van der Waals surface area (Å²) in [6.45, 7) is 2.69. The Morgan fingerprint density at radius 1 is 1.44 bits per heavy atom. The van der Waals surface area contributed by atoms with E-state index in [1.165, 1.54) is 11.5 Å². The number of thioether (sulfide) groups is 1. The zero-order valence-corrected chi connectivity index (χ0v) is 11.8. The van der Waals surface area contributed by atoms with Gasteiger partial charge in [0.25, 0.3) is 0 Å². The van der Waals surface area contributed by atoms with Crippen LogP contribution >= 0.6 is 23.3 Å². The monoisotopic (exact) mass is 281 g/mol. The van der Waals surface area contributed by atoms with E-state index in [0.29, 0.717) is 6.61 Å². The van der Waals surface area contributed by atoms with E-state index in [0.717, 1.165) is 33.8 Å². The molecule has 96 valence electrons. The van der Waals surface area contributed by atoms with Crippen LogP contribution in [0.3, 0.4) is 0 Å². The van der Waals surface area contributed by atoms with E-state index < -0.39 is 0 Å². The Morgan fingerprint density at radius 3 is 3.06 bits per heavy atom. The quantitative estimate of drug-likeness (QED) is 0.501. The first-order valence-electron chi connectivity index (χ1n) is 5.71. The van der Waals surface area contributed by atoms with Gasteiger partial charge < -0.3 is 10.5 Å². The van der Waals surface area contributed by atoms with Gasteiger partial charge in [-0.1, -0.05) is 24.8 Å². The predicted molar refractivity (Wildman–Crippen MR) is 76.4 cm³/mol. The lowest BCUT2D eigenvalue weighted by Gasteiger charge is -2.05. The van der Waals surface area contributed by atoms with Crippen LogP contribution in [0.15, 0.2) is 28.6 Å². The number of anilines is 1. The summed E-state index contributed by atoms with van der Waals surface area (Å²) in [6, 6.07) is 7.46. The van der Waals surface area contributed by atoms with Crippen LogP contribution in [0.2, 0.25) is 0 Å². The minimum Gasteiger partial charge on any atom is -0.493 e. The van der Waals surface area contributed by atoms with Crippen LogP contribution < -0.4 is 10.5 Å². The first-order valence-corrected chi connectivity index (χ1v) is 7.47. The van der Waals surface area contributed by atoms with Crippen molar-refractivity contribution in [2.45, 2.75) is 17.7 Å². The molecule has 0 spiro atoms. The van der Waals surface area contributed by atoms with E-state index in [9.17, 15) is 0 Å². The molecule has 0 bridgehead atoms. The van der Waals surface area contributed by atoms with E-state index in [1.54, 1.807) is 11.8 Å². The number of nitrogen functional groups attached to an aromatic ring is 1. The van der Waals surface area contributed by atoms with Gasteiger partial charge in [-0.3, -0.25) is 0 Å². The summed E-state index contributed by atoms with van der Waals surface area (Å²) in [5.41, 5.74) is 6.39. The molecule has 1 aromatic carbocycles. The number of ether oxygens (including phenoxy) is 1. The largest absolute Gasteiger partial charge is 0.493 e. The molecule has 0 saturated heterocycles. The topological polar surface area (TPSA) is 61.0 Å². The van der Waals surface area contributed by atoms with Crippen molar-refractivity contribution < 1.29 is 4.74 Å². The molecule has 0 amide bonds. The Labute approximate surface area is 115 Å². The Kier molecular flexibility index (Phi) is 4.83. The second-order valence-corrected chi connectivity index (χ2v) is 5.69. The fourth-order valence-corrected chi connectivity index (χ4v) is 2.92. The van der Waals surface area contributed by atoms with E-state index in [-0.39, 0.29) is 0 Å². The summed E-state index contributed by atoms with van der Waals surface area (Å²) in [4.78, 5) is 4.38. The van der Waals surface area contributed by atoms with Crippen molar-refractivity contribution in [3.63, 3.8) is 0 Å². The minimum atomic E-state index is 0.634. The van der Waals surface area contributed by atoms with Gasteiger partial charge in [0.2, 0.25) is 0 Å². The van der Waals surface area contributed by atoms with Crippen molar-refractivity contribution in [2.24, 2.45) is 0 Å². The summed E-state index contributed by atoms with van der Waals surface area (Å²) in [6.07, 6.45) is 0.886. The zero-order chi connectivity index (χ0) is 12.8.